The van der Waals surface area contributed by atoms with Gasteiger partial charge in [-0.15, -0.1) is 17.0 Å². The standard InChI is InChI=1S/C26H43N3O2.BrH/c1-9-17(10-2)15-28-21-11-12-29(24(21)27)16-22(30)18-13-19(25(3,4)5)23(31)20(14-18)26(6,7)8;/h13-14,17,21,27-28,31H,9-12,15-16H2,1-8H3;1H. The number of likely N-dealkylation sites (tertiary alicyclic amines) is 1. The number of halogens is 1. The second kappa shape index (κ2) is 11.1. The van der Waals surface area contributed by atoms with Crippen LogP contribution in [0.5, 0.6) is 5.75 Å². The van der Waals surface area contributed by atoms with Crippen molar-refractivity contribution >= 4 is 28.6 Å². The van der Waals surface area contributed by atoms with Crippen LogP contribution in [0.15, 0.2) is 12.1 Å². The molecule has 0 aromatic heterocycles. The van der Waals surface area contributed by atoms with Crippen LogP contribution >= 0.6 is 17.0 Å². The van der Waals surface area contributed by atoms with Crippen LogP contribution in [0.3, 0.4) is 0 Å². The SMILES string of the molecule is Br.CCC(CC)CNC1CCN(CC(=O)c2cc(C(C)(C)C)c(O)c(C(C)(C)C)c2)C1=N. The number of Topliss-reactive ketones (excluding diaryl/α,β-unsaturated/α-hetero) is 1. The van der Waals surface area contributed by atoms with E-state index in [0.29, 0.717) is 17.3 Å². The Hall–Kier alpha value is -1.40. The Morgan fingerprint density at radius 1 is 1.12 bits per heavy atom. The molecule has 2 rings (SSSR count). The lowest BCUT2D eigenvalue weighted by molar-refractivity contribution is 0.0965. The molecule has 1 fully saturated rings. The van der Waals surface area contributed by atoms with E-state index in [0.717, 1.165) is 43.5 Å². The Morgan fingerprint density at radius 3 is 2.06 bits per heavy atom. The van der Waals surface area contributed by atoms with Crippen LogP contribution in [0.2, 0.25) is 0 Å². The first-order valence-electron chi connectivity index (χ1n) is 11.8. The van der Waals surface area contributed by atoms with Gasteiger partial charge in [-0.2, -0.15) is 0 Å². The summed E-state index contributed by atoms with van der Waals surface area (Å²) in [4.78, 5) is 15.1. The quantitative estimate of drug-likeness (QED) is 0.385. The fourth-order valence-electron chi connectivity index (χ4n) is 4.22. The zero-order valence-electron chi connectivity index (χ0n) is 21.3. The number of hydrogen-bond acceptors (Lipinski definition) is 4. The van der Waals surface area contributed by atoms with Crippen LogP contribution in [0.4, 0.5) is 0 Å². The summed E-state index contributed by atoms with van der Waals surface area (Å²) in [6, 6.07) is 3.72. The summed E-state index contributed by atoms with van der Waals surface area (Å²) in [5.41, 5.74) is 1.67. The van der Waals surface area contributed by atoms with Gasteiger partial charge in [0.2, 0.25) is 0 Å². The van der Waals surface area contributed by atoms with Gasteiger partial charge in [-0.1, -0.05) is 68.2 Å². The summed E-state index contributed by atoms with van der Waals surface area (Å²) in [7, 11) is 0. The highest BCUT2D eigenvalue weighted by Crippen LogP contribution is 2.40. The van der Waals surface area contributed by atoms with Gasteiger partial charge in [0.05, 0.1) is 12.6 Å². The second-order valence-corrected chi connectivity index (χ2v) is 11.1. The first-order valence-corrected chi connectivity index (χ1v) is 11.8. The molecule has 1 aromatic carbocycles. The molecule has 182 valence electrons. The summed E-state index contributed by atoms with van der Waals surface area (Å²) in [6.07, 6.45) is 3.14. The zero-order valence-corrected chi connectivity index (χ0v) is 23.0. The molecule has 3 N–H and O–H groups in total. The van der Waals surface area contributed by atoms with E-state index >= 15 is 0 Å². The van der Waals surface area contributed by atoms with Crippen molar-refractivity contribution in [3.63, 3.8) is 0 Å². The monoisotopic (exact) mass is 509 g/mol. The lowest BCUT2D eigenvalue weighted by Gasteiger charge is -2.28. The van der Waals surface area contributed by atoms with Gasteiger partial charge in [-0.3, -0.25) is 10.2 Å². The number of carbonyl (C=O) groups is 1. The lowest BCUT2D eigenvalue weighted by atomic mass is 9.78. The maximum absolute atomic E-state index is 13.2. The lowest BCUT2D eigenvalue weighted by Crippen LogP contribution is -2.41. The number of phenolic OH excluding ortho intramolecular Hbond substituents is 1. The molecule has 1 aliphatic rings. The number of rotatable bonds is 8. The molecular weight excluding hydrogens is 466 g/mol. The molecule has 1 aliphatic heterocycles. The molecule has 32 heavy (non-hydrogen) atoms. The highest BCUT2D eigenvalue weighted by molar-refractivity contribution is 8.93. The summed E-state index contributed by atoms with van der Waals surface area (Å²) in [5.74, 6) is 1.44. The van der Waals surface area contributed by atoms with Crippen LogP contribution < -0.4 is 5.32 Å². The van der Waals surface area contributed by atoms with Crippen LogP contribution in [0.1, 0.15) is 96.1 Å². The van der Waals surface area contributed by atoms with Crippen molar-refractivity contribution in [3.05, 3.63) is 28.8 Å². The van der Waals surface area contributed by atoms with Gasteiger partial charge in [0.1, 0.15) is 11.6 Å². The summed E-state index contributed by atoms with van der Waals surface area (Å²) in [6.45, 7) is 18.6. The van der Waals surface area contributed by atoms with Crippen LogP contribution in [0, 0.1) is 11.3 Å². The fourth-order valence-corrected chi connectivity index (χ4v) is 4.22. The van der Waals surface area contributed by atoms with E-state index < -0.39 is 0 Å². The maximum atomic E-state index is 13.2. The van der Waals surface area contributed by atoms with Gasteiger partial charge in [0.15, 0.2) is 5.78 Å². The first kappa shape index (κ1) is 28.6. The molecule has 5 nitrogen and oxygen atoms in total. The van der Waals surface area contributed by atoms with Crippen LogP contribution in [-0.4, -0.2) is 47.3 Å². The zero-order chi connectivity index (χ0) is 23.6. The largest absolute Gasteiger partial charge is 0.507 e. The van der Waals surface area contributed by atoms with E-state index in [-0.39, 0.29) is 51.9 Å². The Bertz CT molecular complexity index is 769. The van der Waals surface area contributed by atoms with E-state index in [9.17, 15) is 9.90 Å². The molecule has 0 saturated carbocycles. The fraction of sp³-hybridized carbons (Fsp3) is 0.692. The van der Waals surface area contributed by atoms with Gasteiger partial charge in [-0.25, -0.2) is 0 Å². The Balaban J connectivity index is 0.00000512. The third kappa shape index (κ3) is 6.80. The van der Waals surface area contributed by atoms with Crippen molar-refractivity contribution in [3.8, 4) is 5.75 Å². The molecule has 1 aromatic rings. The molecule has 0 aliphatic carbocycles. The normalized spacial score (nSPS) is 17.1. The smallest absolute Gasteiger partial charge is 0.182 e. The van der Waals surface area contributed by atoms with E-state index in [4.69, 9.17) is 5.41 Å². The number of amidine groups is 1. The van der Waals surface area contributed by atoms with Gasteiger partial charge < -0.3 is 15.3 Å². The van der Waals surface area contributed by atoms with Gasteiger partial charge in [0, 0.05) is 23.2 Å². The Kier molecular flexibility index (Phi) is 9.98. The minimum absolute atomic E-state index is 0. The third-order valence-electron chi connectivity index (χ3n) is 6.55. The van der Waals surface area contributed by atoms with Crippen molar-refractivity contribution < 1.29 is 9.90 Å². The molecule has 1 unspecified atom stereocenters. The van der Waals surface area contributed by atoms with Gasteiger partial charge >= 0.3 is 0 Å². The molecule has 0 amide bonds. The number of nitrogens with one attached hydrogen (secondary N) is 2. The molecule has 0 bridgehead atoms. The van der Waals surface area contributed by atoms with Crippen molar-refractivity contribution in [2.75, 3.05) is 19.6 Å². The number of ketones is 1. The molecule has 0 spiro atoms. The number of aromatic hydroxyl groups is 1. The Morgan fingerprint density at radius 2 is 1.62 bits per heavy atom. The number of nitrogens with zero attached hydrogens (tertiary/aromatic N) is 1. The number of phenols is 1. The summed E-state index contributed by atoms with van der Waals surface area (Å²) in [5, 5.41) is 23.0. The molecule has 1 saturated heterocycles. The molecule has 6 heteroatoms. The number of carbonyl (C=O) groups excluding carboxylic acids is 1. The second-order valence-electron chi connectivity index (χ2n) is 11.1. The molecule has 1 heterocycles. The first-order chi connectivity index (χ1) is 14.3. The van der Waals surface area contributed by atoms with E-state index in [1.54, 1.807) is 0 Å². The number of benzene rings is 1. The Labute approximate surface area is 205 Å². The van der Waals surface area contributed by atoms with E-state index in [1.165, 1.54) is 0 Å². The van der Waals surface area contributed by atoms with E-state index in [2.05, 4.69) is 60.7 Å². The van der Waals surface area contributed by atoms with Crippen molar-refractivity contribution in [1.29, 1.82) is 5.41 Å². The summed E-state index contributed by atoms with van der Waals surface area (Å²) < 4.78 is 0. The van der Waals surface area contributed by atoms with Gasteiger partial charge in [-0.05, 0) is 41.8 Å². The average molecular weight is 511 g/mol. The highest BCUT2D eigenvalue weighted by atomic mass is 79.9. The predicted octanol–water partition coefficient (Wildman–Crippen LogP) is 5.83. The maximum Gasteiger partial charge on any atom is 0.182 e. The van der Waals surface area contributed by atoms with Crippen molar-refractivity contribution in [1.82, 2.24) is 10.2 Å². The van der Waals surface area contributed by atoms with Crippen LogP contribution in [0.25, 0.3) is 0 Å². The van der Waals surface area contributed by atoms with Crippen LogP contribution in [-0.2, 0) is 10.8 Å². The minimum Gasteiger partial charge on any atom is -0.507 e. The average Bonchev–Trinajstić information content (AvgIpc) is 3.00. The summed E-state index contributed by atoms with van der Waals surface area (Å²) >= 11 is 0. The van der Waals surface area contributed by atoms with E-state index in [1.807, 2.05) is 17.0 Å². The number of hydrogen-bond donors (Lipinski definition) is 3. The third-order valence-corrected chi connectivity index (χ3v) is 6.55. The molecule has 0 radical (unpaired) electrons. The topological polar surface area (TPSA) is 76.4 Å². The molecule has 1 atom stereocenters. The molecular formula is C26H44BrN3O2. The van der Waals surface area contributed by atoms with Crippen molar-refractivity contribution in [2.45, 2.75) is 91.5 Å². The van der Waals surface area contributed by atoms with Crippen molar-refractivity contribution in [2.24, 2.45) is 5.92 Å². The van der Waals surface area contributed by atoms with Gasteiger partial charge in [0.25, 0.3) is 0 Å². The predicted molar refractivity (Wildman–Crippen MR) is 140 cm³/mol. The highest BCUT2D eigenvalue weighted by Gasteiger charge is 2.31. The minimum atomic E-state index is -0.273.